The number of thioether (sulfide) groups is 1. The van der Waals surface area contributed by atoms with Crippen molar-refractivity contribution in [3.8, 4) is 5.88 Å². The molecule has 4 heteroatoms. The lowest BCUT2D eigenvalue weighted by atomic mass is 10.2. The zero-order chi connectivity index (χ0) is 9.80. The normalized spacial score (nSPS) is 16.4. The number of aromatic nitrogens is 1. The minimum Gasteiger partial charge on any atom is -0.481 e. The number of rotatable bonds is 4. The van der Waals surface area contributed by atoms with E-state index in [1.165, 1.54) is 17.1 Å². The summed E-state index contributed by atoms with van der Waals surface area (Å²) in [7, 11) is 1.63. The summed E-state index contributed by atoms with van der Waals surface area (Å²) in [4.78, 5) is 4.15. The lowest BCUT2D eigenvalue weighted by Crippen LogP contribution is -2.39. The van der Waals surface area contributed by atoms with Crippen molar-refractivity contribution >= 4 is 11.8 Å². The molecule has 76 valence electrons. The smallest absolute Gasteiger partial charge is 0.212 e. The van der Waals surface area contributed by atoms with Crippen LogP contribution in [0.4, 0.5) is 0 Å². The van der Waals surface area contributed by atoms with Gasteiger partial charge in [-0.25, -0.2) is 4.98 Å². The fourth-order valence-electron chi connectivity index (χ4n) is 1.25. The second-order valence-corrected chi connectivity index (χ2v) is 4.40. The van der Waals surface area contributed by atoms with Gasteiger partial charge in [-0.2, -0.15) is 11.8 Å². The summed E-state index contributed by atoms with van der Waals surface area (Å²) < 4.78 is 4.99. The van der Waals surface area contributed by atoms with Crippen molar-refractivity contribution in [3.63, 3.8) is 0 Å². The molecule has 1 aromatic heterocycles. The minimum absolute atomic E-state index is 0.674. The van der Waals surface area contributed by atoms with E-state index in [1.807, 2.05) is 30.1 Å². The van der Waals surface area contributed by atoms with E-state index >= 15 is 0 Å². The van der Waals surface area contributed by atoms with E-state index in [2.05, 4.69) is 10.3 Å². The first-order valence-corrected chi connectivity index (χ1v) is 5.84. The maximum atomic E-state index is 4.99. The topological polar surface area (TPSA) is 34.1 Å². The van der Waals surface area contributed by atoms with Gasteiger partial charge in [0, 0.05) is 36.4 Å². The van der Waals surface area contributed by atoms with Crippen LogP contribution in [0.2, 0.25) is 0 Å². The van der Waals surface area contributed by atoms with Crippen LogP contribution in [0.25, 0.3) is 0 Å². The Balaban J connectivity index is 1.83. The van der Waals surface area contributed by atoms with Gasteiger partial charge in [-0.05, 0) is 5.56 Å². The molecule has 0 bridgehead atoms. The summed E-state index contributed by atoms with van der Waals surface area (Å²) >= 11 is 1.99. The second kappa shape index (κ2) is 4.66. The Labute approximate surface area is 88.3 Å². The standard InChI is InChI=1S/C10H14N2OS/c1-13-10-3-2-8(5-12-10)4-11-9-6-14-7-9/h2-3,5,9,11H,4,6-7H2,1H3. The van der Waals surface area contributed by atoms with Gasteiger partial charge in [0.1, 0.15) is 0 Å². The average molecular weight is 210 g/mol. The summed E-state index contributed by atoms with van der Waals surface area (Å²) in [6.45, 7) is 0.905. The molecule has 2 rings (SSSR count). The summed E-state index contributed by atoms with van der Waals surface area (Å²) in [6.07, 6.45) is 1.86. The van der Waals surface area contributed by atoms with Crippen LogP contribution in [0, 0.1) is 0 Å². The molecule has 1 fully saturated rings. The van der Waals surface area contributed by atoms with Gasteiger partial charge in [0.05, 0.1) is 7.11 Å². The molecular formula is C10H14N2OS. The van der Waals surface area contributed by atoms with E-state index in [0.29, 0.717) is 11.9 Å². The number of nitrogens with one attached hydrogen (secondary N) is 1. The minimum atomic E-state index is 0.674. The van der Waals surface area contributed by atoms with Crippen molar-refractivity contribution in [2.45, 2.75) is 12.6 Å². The Hall–Kier alpha value is -0.740. The maximum Gasteiger partial charge on any atom is 0.212 e. The molecule has 0 aromatic carbocycles. The first kappa shape index (κ1) is 9.80. The van der Waals surface area contributed by atoms with Crippen LogP contribution in [0.3, 0.4) is 0 Å². The molecule has 1 aliphatic heterocycles. The largest absolute Gasteiger partial charge is 0.481 e. The quantitative estimate of drug-likeness (QED) is 0.812. The predicted octanol–water partition coefficient (Wildman–Crippen LogP) is 1.30. The van der Waals surface area contributed by atoms with E-state index in [0.717, 1.165) is 6.54 Å². The molecule has 2 heterocycles. The second-order valence-electron chi connectivity index (χ2n) is 3.32. The third-order valence-electron chi connectivity index (χ3n) is 2.24. The van der Waals surface area contributed by atoms with Gasteiger partial charge < -0.3 is 10.1 Å². The molecule has 0 radical (unpaired) electrons. The SMILES string of the molecule is COc1ccc(CNC2CSC2)cn1. The Morgan fingerprint density at radius 3 is 2.93 bits per heavy atom. The predicted molar refractivity (Wildman–Crippen MR) is 58.7 cm³/mol. The van der Waals surface area contributed by atoms with Crippen molar-refractivity contribution in [2.75, 3.05) is 18.6 Å². The molecule has 1 N–H and O–H groups in total. The van der Waals surface area contributed by atoms with Gasteiger partial charge in [0.2, 0.25) is 5.88 Å². The van der Waals surface area contributed by atoms with Gasteiger partial charge >= 0.3 is 0 Å². The van der Waals surface area contributed by atoms with E-state index in [1.54, 1.807) is 7.11 Å². The molecule has 1 saturated heterocycles. The lowest BCUT2D eigenvalue weighted by Gasteiger charge is -2.25. The first-order valence-electron chi connectivity index (χ1n) is 4.68. The molecule has 0 spiro atoms. The molecule has 14 heavy (non-hydrogen) atoms. The van der Waals surface area contributed by atoms with Crippen LogP contribution in [0.5, 0.6) is 5.88 Å². The number of pyridine rings is 1. The van der Waals surface area contributed by atoms with Gasteiger partial charge in [0.25, 0.3) is 0 Å². The number of nitrogens with zero attached hydrogens (tertiary/aromatic N) is 1. The maximum absolute atomic E-state index is 4.99. The molecule has 3 nitrogen and oxygen atoms in total. The summed E-state index contributed by atoms with van der Waals surface area (Å²) in [5.41, 5.74) is 1.21. The molecule has 0 aliphatic carbocycles. The van der Waals surface area contributed by atoms with Crippen molar-refractivity contribution < 1.29 is 4.74 Å². The highest BCUT2D eigenvalue weighted by Gasteiger charge is 2.16. The molecule has 0 amide bonds. The van der Waals surface area contributed by atoms with Gasteiger partial charge in [-0.1, -0.05) is 6.07 Å². The summed E-state index contributed by atoms with van der Waals surface area (Å²) in [5, 5.41) is 3.47. The zero-order valence-electron chi connectivity index (χ0n) is 8.19. The van der Waals surface area contributed by atoms with E-state index < -0.39 is 0 Å². The summed E-state index contributed by atoms with van der Waals surface area (Å²) in [5.74, 6) is 3.15. The van der Waals surface area contributed by atoms with Crippen LogP contribution in [0.1, 0.15) is 5.56 Å². The van der Waals surface area contributed by atoms with Gasteiger partial charge in [-0.3, -0.25) is 0 Å². The van der Waals surface area contributed by atoms with Gasteiger partial charge in [-0.15, -0.1) is 0 Å². The Morgan fingerprint density at radius 1 is 1.57 bits per heavy atom. The molecule has 1 aromatic rings. The molecular weight excluding hydrogens is 196 g/mol. The van der Waals surface area contributed by atoms with E-state index in [4.69, 9.17) is 4.74 Å². The number of methoxy groups -OCH3 is 1. The average Bonchev–Trinajstić information content (AvgIpc) is 2.16. The van der Waals surface area contributed by atoms with Crippen LogP contribution >= 0.6 is 11.8 Å². The van der Waals surface area contributed by atoms with E-state index in [-0.39, 0.29) is 0 Å². The van der Waals surface area contributed by atoms with Crippen molar-refractivity contribution in [1.29, 1.82) is 0 Å². The van der Waals surface area contributed by atoms with Crippen LogP contribution in [-0.4, -0.2) is 29.6 Å². The van der Waals surface area contributed by atoms with Crippen molar-refractivity contribution in [3.05, 3.63) is 23.9 Å². The highest BCUT2D eigenvalue weighted by Crippen LogP contribution is 2.17. The number of hydrogen-bond donors (Lipinski definition) is 1. The Morgan fingerprint density at radius 2 is 2.43 bits per heavy atom. The van der Waals surface area contributed by atoms with Crippen molar-refractivity contribution in [1.82, 2.24) is 10.3 Å². The lowest BCUT2D eigenvalue weighted by molar-refractivity contribution is 0.397. The Bertz CT molecular complexity index is 285. The monoisotopic (exact) mass is 210 g/mol. The van der Waals surface area contributed by atoms with Gasteiger partial charge in [0.15, 0.2) is 0 Å². The fourth-order valence-corrected chi connectivity index (χ4v) is 1.96. The van der Waals surface area contributed by atoms with E-state index in [9.17, 15) is 0 Å². The van der Waals surface area contributed by atoms with Crippen molar-refractivity contribution in [2.24, 2.45) is 0 Å². The third-order valence-corrected chi connectivity index (χ3v) is 3.52. The Kier molecular flexibility index (Phi) is 3.26. The van der Waals surface area contributed by atoms with Crippen LogP contribution < -0.4 is 10.1 Å². The van der Waals surface area contributed by atoms with Crippen LogP contribution in [-0.2, 0) is 6.54 Å². The number of ether oxygens (including phenoxy) is 1. The fraction of sp³-hybridized carbons (Fsp3) is 0.500. The first-order chi connectivity index (χ1) is 6.88. The molecule has 0 saturated carbocycles. The molecule has 0 atom stereocenters. The van der Waals surface area contributed by atoms with Crippen LogP contribution in [0.15, 0.2) is 18.3 Å². The molecule has 0 unspecified atom stereocenters. The number of hydrogen-bond acceptors (Lipinski definition) is 4. The highest BCUT2D eigenvalue weighted by atomic mass is 32.2. The summed E-state index contributed by atoms with van der Waals surface area (Å²) in [6, 6.07) is 4.64. The molecule has 1 aliphatic rings. The third kappa shape index (κ3) is 2.39. The highest BCUT2D eigenvalue weighted by molar-refractivity contribution is 8.00. The zero-order valence-corrected chi connectivity index (χ0v) is 9.01.